The molecule has 0 N–H and O–H groups in total. The van der Waals surface area contributed by atoms with Crippen LogP contribution in [0.2, 0.25) is 0 Å². The van der Waals surface area contributed by atoms with Gasteiger partial charge in [0.2, 0.25) is 0 Å². The third-order valence-corrected chi connectivity index (χ3v) is 2.94. The van der Waals surface area contributed by atoms with Gasteiger partial charge in [0.15, 0.2) is 5.78 Å². The molecule has 1 nitrogen and oxygen atoms in total. The number of benzene rings is 2. The Balaban J connectivity index is 2.40. The van der Waals surface area contributed by atoms with Gasteiger partial charge in [-0.1, -0.05) is 12.1 Å². The zero-order valence-electron chi connectivity index (χ0n) is 8.28. The third-order valence-electron chi connectivity index (χ3n) is 2.22. The molecule has 2 rings (SSSR count). The van der Waals surface area contributed by atoms with Gasteiger partial charge in [-0.05, 0) is 59.0 Å². The summed E-state index contributed by atoms with van der Waals surface area (Å²) in [4.78, 5) is 11.9. The number of carbonyl (C=O) groups is 1. The number of hydrogen-bond acceptors (Lipinski definition) is 1. The second-order valence-electron chi connectivity index (χ2n) is 3.32. The highest BCUT2D eigenvalue weighted by Crippen LogP contribution is 2.14. The minimum absolute atomic E-state index is 0.115. The van der Waals surface area contributed by atoms with Crippen molar-refractivity contribution in [2.24, 2.45) is 0 Å². The SMILES string of the molecule is O=C(c1ccc(I)cc1)c1ccccc1F. The molecular formula is C13H8FIO. The maximum Gasteiger partial charge on any atom is 0.195 e. The molecule has 0 saturated carbocycles. The Morgan fingerprint density at radius 1 is 1.00 bits per heavy atom. The quantitative estimate of drug-likeness (QED) is 0.608. The molecule has 0 atom stereocenters. The van der Waals surface area contributed by atoms with Crippen molar-refractivity contribution in [1.82, 2.24) is 0 Å². The lowest BCUT2D eigenvalue weighted by atomic mass is 10.0. The van der Waals surface area contributed by atoms with Gasteiger partial charge in [0, 0.05) is 9.13 Å². The van der Waals surface area contributed by atoms with E-state index in [1.807, 2.05) is 12.1 Å². The summed E-state index contributed by atoms with van der Waals surface area (Å²) in [6.45, 7) is 0. The average Bonchev–Trinajstić information content (AvgIpc) is 2.30. The lowest BCUT2D eigenvalue weighted by Crippen LogP contribution is -2.03. The average molecular weight is 326 g/mol. The van der Waals surface area contributed by atoms with Crippen LogP contribution in [-0.4, -0.2) is 5.78 Å². The smallest absolute Gasteiger partial charge is 0.195 e. The lowest BCUT2D eigenvalue weighted by Gasteiger charge is -2.02. The van der Waals surface area contributed by atoms with Crippen molar-refractivity contribution in [2.45, 2.75) is 0 Å². The fourth-order valence-corrected chi connectivity index (χ4v) is 1.76. The molecule has 0 amide bonds. The van der Waals surface area contributed by atoms with Crippen LogP contribution in [0.25, 0.3) is 0 Å². The maximum atomic E-state index is 13.4. The van der Waals surface area contributed by atoms with E-state index in [2.05, 4.69) is 22.6 Å². The van der Waals surface area contributed by atoms with E-state index in [0.717, 1.165) is 3.57 Å². The van der Waals surface area contributed by atoms with E-state index >= 15 is 0 Å². The van der Waals surface area contributed by atoms with Gasteiger partial charge in [-0.3, -0.25) is 4.79 Å². The number of ketones is 1. The summed E-state index contributed by atoms with van der Waals surface area (Å²) in [5.41, 5.74) is 0.620. The molecule has 0 saturated heterocycles. The van der Waals surface area contributed by atoms with Crippen LogP contribution in [0.4, 0.5) is 4.39 Å². The summed E-state index contributed by atoms with van der Waals surface area (Å²) in [5, 5.41) is 0. The molecule has 2 aromatic carbocycles. The number of halogens is 2. The number of hydrogen-bond donors (Lipinski definition) is 0. The third kappa shape index (κ3) is 2.29. The molecule has 0 fully saturated rings. The van der Waals surface area contributed by atoms with Crippen molar-refractivity contribution in [3.05, 3.63) is 69.0 Å². The molecule has 0 aliphatic carbocycles. The summed E-state index contributed by atoms with van der Waals surface area (Å²) < 4.78 is 14.4. The molecule has 0 bridgehead atoms. The standard InChI is InChI=1S/C13H8FIO/c14-12-4-2-1-3-11(12)13(16)9-5-7-10(15)8-6-9/h1-8H. The molecule has 0 aliphatic heterocycles. The highest BCUT2D eigenvalue weighted by molar-refractivity contribution is 14.1. The molecule has 0 aromatic heterocycles. The monoisotopic (exact) mass is 326 g/mol. The number of rotatable bonds is 2. The van der Waals surface area contributed by atoms with Crippen LogP contribution in [0.3, 0.4) is 0 Å². The van der Waals surface area contributed by atoms with Gasteiger partial charge < -0.3 is 0 Å². The Labute approximate surface area is 106 Å². The van der Waals surface area contributed by atoms with Crippen molar-refractivity contribution in [3.8, 4) is 0 Å². The molecule has 0 spiro atoms. The predicted octanol–water partition coefficient (Wildman–Crippen LogP) is 3.66. The van der Waals surface area contributed by atoms with E-state index in [4.69, 9.17) is 0 Å². The summed E-state index contributed by atoms with van der Waals surface area (Å²) in [7, 11) is 0. The molecule has 0 radical (unpaired) electrons. The molecule has 0 aliphatic rings. The fraction of sp³-hybridized carbons (Fsp3) is 0. The summed E-state index contributed by atoms with van der Waals surface area (Å²) in [5.74, 6) is -0.763. The Hall–Kier alpha value is -1.23. The van der Waals surface area contributed by atoms with E-state index in [-0.39, 0.29) is 11.3 Å². The first-order chi connectivity index (χ1) is 7.68. The van der Waals surface area contributed by atoms with Crippen LogP contribution >= 0.6 is 22.6 Å². The molecular weight excluding hydrogens is 318 g/mol. The van der Waals surface area contributed by atoms with Gasteiger partial charge in [-0.2, -0.15) is 0 Å². The Bertz CT molecular complexity index is 520. The number of carbonyl (C=O) groups excluding carboxylic acids is 1. The Morgan fingerprint density at radius 2 is 1.62 bits per heavy atom. The van der Waals surface area contributed by atoms with Gasteiger partial charge in [-0.15, -0.1) is 0 Å². The van der Waals surface area contributed by atoms with E-state index < -0.39 is 5.82 Å². The molecule has 16 heavy (non-hydrogen) atoms. The van der Waals surface area contributed by atoms with Crippen molar-refractivity contribution in [1.29, 1.82) is 0 Å². The molecule has 0 unspecified atom stereocenters. The molecule has 3 heteroatoms. The van der Waals surface area contributed by atoms with Crippen LogP contribution in [0, 0.1) is 9.39 Å². The zero-order chi connectivity index (χ0) is 11.5. The van der Waals surface area contributed by atoms with Gasteiger partial charge in [-0.25, -0.2) is 4.39 Å². The lowest BCUT2D eigenvalue weighted by molar-refractivity contribution is 0.103. The molecule has 0 heterocycles. The highest BCUT2D eigenvalue weighted by atomic mass is 127. The van der Waals surface area contributed by atoms with E-state index in [1.54, 1.807) is 24.3 Å². The van der Waals surface area contributed by atoms with E-state index in [9.17, 15) is 9.18 Å². The second-order valence-corrected chi connectivity index (χ2v) is 4.56. The van der Waals surface area contributed by atoms with Crippen LogP contribution in [0.15, 0.2) is 48.5 Å². The predicted molar refractivity (Wildman–Crippen MR) is 69.0 cm³/mol. The normalized spacial score (nSPS) is 10.1. The van der Waals surface area contributed by atoms with E-state index in [1.165, 1.54) is 12.1 Å². The summed E-state index contributed by atoms with van der Waals surface area (Å²) >= 11 is 2.16. The van der Waals surface area contributed by atoms with Crippen molar-refractivity contribution in [2.75, 3.05) is 0 Å². The van der Waals surface area contributed by atoms with Crippen LogP contribution in [0.5, 0.6) is 0 Å². The first-order valence-electron chi connectivity index (χ1n) is 4.73. The van der Waals surface area contributed by atoms with Gasteiger partial charge in [0.05, 0.1) is 5.56 Å². The Morgan fingerprint density at radius 3 is 2.25 bits per heavy atom. The topological polar surface area (TPSA) is 17.1 Å². The maximum absolute atomic E-state index is 13.4. The van der Waals surface area contributed by atoms with Gasteiger partial charge in [0.25, 0.3) is 0 Å². The first-order valence-corrected chi connectivity index (χ1v) is 5.81. The minimum atomic E-state index is -0.481. The molecule has 2 aromatic rings. The van der Waals surface area contributed by atoms with Crippen molar-refractivity contribution >= 4 is 28.4 Å². The van der Waals surface area contributed by atoms with Crippen molar-refractivity contribution in [3.63, 3.8) is 0 Å². The zero-order valence-corrected chi connectivity index (χ0v) is 10.4. The Kier molecular flexibility index (Phi) is 3.33. The van der Waals surface area contributed by atoms with Crippen LogP contribution < -0.4 is 0 Å². The van der Waals surface area contributed by atoms with Crippen LogP contribution in [0.1, 0.15) is 15.9 Å². The van der Waals surface area contributed by atoms with Crippen LogP contribution in [-0.2, 0) is 0 Å². The first kappa shape index (κ1) is 11.3. The molecule has 80 valence electrons. The second kappa shape index (κ2) is 4.74. The largest absolute Gasteiger partial charge is 0.288 e. The fourth-order valence-electron chi connectivity index (χ4n) is 1.40. The van der Waals surface area contributed by atoms with Crippen molar-refractivity contribution < 1.29 is 9.18 Å². The highest BCUT2D eigenvalue weighted by Gasteiger charge is 2.12. The van der Waals surface area contributed by atoms with E-state index in [0.29, 0.717) is 5.56 Å². The minimum Gasteiger partial charge on any atom is -0.288 e. The summed E-state index contributed by atoms with van der Waals surface area (Å²) in [6, 6.07) is 13.1. The van der Waals surface area contributed by atoms with Gasteiger partial charge >= 0.3 is 0 Å². The summed E-state index contributed by atoms with van der Waals surface area (Å²) in [6.07, 6.45) is 0. The van der Waals surface area contributed by atoms with Gasteiger partial charge in [0.1, 0.15) is 5.82 Å².